The molecule has 4 heteroatoms. The summed E-state index contributed by atoms with van der Waals surface area (Å²) in [6.45, 7) is 2.85. The maximum Gasteiger partial charge on any atom is 0.220 e. The molecular formula is C11H22N2O2. The molecule has 0 aromatic heterocycles. The van der Waals surface area contributed by atoms with Crippen LogP contribution in [0.3, 0.4) is 0 Å². The summed E-state index contributed by atoms with van der Waals surface area (Å²) >= 11 is 0. The topological polar surface area (TPSA) is 64.3 Å². The summed E-state index contributed by atoms with van der Waals surface area (Å²) in [6.07, 6.45) is 3.93. The summed E-state index contributed by atoms with van der Waals surface area (Å²) in [5.41, 5.74) is 5.28. The van der Waals surface area contributed by atoms with Crippen LogP contribution in [-0.2, 0) is 9.53 Å². The highest BCUT2D eigenvalue weighted by Gasteiger charge is 2.25. The van der Waals surface area contributed by atoms with Crippen molar-refractivity contribution in [3.63, 3.8) is 0 Å². The Hall–Kier alpha value is -0.610. The van der Waals surface area contributed by atoms with Crippen LogP contribution >= 0.6 is 0 Å². The molecule has 0 saturated heterocycles. The Labute approximate surface area is 91.5 Å². The van der Waals surface area contributed by atoms with Crippen LogP contribution in [0.1, 0.15) is 32.6 Å². The average molecular weight is 214 g/mol. The monoisotopic (exact) mass is 214 g/mol. The Morgan fingerprint density at radius 2 is 2.07 bits per heavy atom. The number of nitrogens with one attached hydrogen (secondary N) is 1. The molecule has 1 amide bonds. The Morgan fingerprint density at radius 3 is 2.53 bits per heavy atom. The van der Waals surface area contributed by atoms with Crippen molar-refractivity contribution < 1.29 is 9.53 Å². The van der Waals surface area contributed by atoms with E-state index < -0.39 is 0 Å². The summed E-state index contributed by atoms with van der Waals surface area (Å²) in [5, 5.41) is 3.50. The Kier molecular flexibility index (Phi) is 5.05. The fourth-order valence-electron chi connectivity index (χ4n) is 2.25. The minimum absolute atomic E-state index is 0.0979. The van der Waals surface area contributed by atoms with Crippen molar-refractivity contribution in [1.82, 2.24) is 5.32 Å². The highest BCUT2D eigenvalue weighted by Crippen LogP contribution is 2.24. The van der Waals surface area contributed by atoms with Gasteiger partial charge >= 0.3 is 0 Å². The van der Waals surface area contributed by atoms with E-state index in [0.29, 0.717) is 12.1 Å². The number of carbonyl (C=O) groups is 1. The van der Waals surface area contributed by atoms with Crippen LogP contribution in [0, 0.1) is 5.92 Å². The molecule has 1 unspecified atom stereocenters. The van der Waals surface area contributed by atoms with Crippen LogP contribution in [-0.4, -0.2) is 31.7 Å². The number of primary amides is 1. The average Bonchev–Trinajstić information content (AvgIpc) is 2.18. The van der Waals surface area contributed by atoms with Gasteiger partial charge in [-0.1, -0.05) is 0 Å². The molecular weight excluding hydrogens is 192 g/mol. The largest absolute Gasteiger partial charge is 0.383 e. The van der Waals surface area contributed by atoms with Gasteiger partial charge in [0.1, 0.15) is 0 Å². The second kappa shape index (κ2) is 6.08. The second-order valence-corrected chi connectivity index (χ2v) is 4.47. The highest BCUT2D eigenvalue weighted by atomic mass is 16.5. The number of methoxy groups -OCH3 is 1. The zero-order chi connectivity index (χ0) is 11.3. The maximum absolute atomic E-state index is 11.0. The molecule has 1 atom stereocenters. The van der Waals surface area contributed by atoms with E-state index >= 15 is 0 Å². The first-order chi connectivity index (χ1) is 7.13. The molecule has 1 rings (SSSR count). The van der Waals surface area contributed by atoms with Crippen molar-refractivity contribution in [2.24, 2.45) is 11.7 Å². The molecule has 1 aliphatic rings. The van der Waals surface area contributed by atoms with Gasteiger partial charge in [0.05, 0.1) is 6.61 Å². The first kappa shape index (κ1) is 12.5. The molecule has 0 radical (unpaired) electrons. The molecule has 0 aromatic carbocycles. The molecule has 3 N–H and O–H groups in total. The fourth-order valence-corrected chi connectivity index (χ4v) is 2.25. The predicted octanol–water partition coefficient (Wildman–Crippen LogP) is 0.655. The van der Waals surface area contributed by atoms with Crippen LogP contribution in [0.2, 0.25) is 0 Å². The zero-order valence-corrected chi connectivity index (χ0v) is 9.66. The van der Waals surface area contributed by atoms with Crippen molar-refractivity contribution in [2.45, 2.75) is 44.7 Å². The van der Waals surface area contributed by atoms with Gasteiger partial charge in [-0.2, -0.15) is 0 Å². The summed E-state index contributed by atoms with van der Waals surface area (Å²) < 4.78 is 5.07. The lowest BCUT2D eigenvalue weighted by Crippen LogP contribution is -2.42. The maximum atomic E-state index is 11.0. The first-order valence-corrected chi connectivity index (χ1v) is 5.67. The van der Waals surface area contributed by atoms with Crippen LogP contribution in [0.5, 0.6) is 0 Å². The lowest BCUT2D eigenvalue weighted by molar-refractivity contribution is -0.122. The Bertz CT molecular complexity index is 201. The molecule has 0 spiro atoms. The third-order valence-electron chi connectivity index (χ3n) is 3.07. The van der Waals surface area contributed by atoms with Gasteiger partial charge in [0.15, 0.2) is 0 Å². The van der Waals surface area contributed by atoms with Crippen molar-refractivity contribution in [3.8, 4) is 0 Å². The van der Waals surface area contributed by atoms with Gasteiger partial charge in [-0.3, -0.25) is 4.79 Å². The smallest absolute Gasteiger partial charge is 0.220 e. The van der Waals surface area contributed by atoms with Crippen LogP contribution in [0.4, 0.5) is 0 Å². The van der Waals surface area contributed by atoms with Crippen LogP contribution in [0.15, 0.2) is 0 Å². The second-order valence-electron chi connectivity index (χ2n) is 4.47. The molecule has 1 saturated carbocycles. The lowest BCUT2D eigenvalue weighted by Gasteiger charge is -2.29. The van der Waals surface area contributed by atoms with Crippen molar-refractivity contribution in [3.05, 3.63) is 0 Å². The summed E-state index contributed by atoms with van der Waals surface area (Å²) in [7, 11) is 1.71. The lowest BCUT2D eigenvalue weighted by atomic mass is 9.85. The van der Waals surface area contributed by atoms with E-state index in [0.717, 1.165) is 32.3 Å². The summed E-state index contributed by atoms with van der Waals surface area (Å²) in [5.74, 6) is -0.0424. The predicted molar refractivity (Wildman–Crippen MR) is 59.4 cm³/mol. The molecule has 88 valence electrons. The standard InChI is InChI=1S/C11H22N2O2/c1-8(7-15-2)13-10-5-3-9(4-6-10)11(12)14/h8-10,13H,3-7H2,1-2H3,(H2,12,14). The number of ether oxygens (including phenoxy) is 1. The van der Waals surface area contributed by atoms with E-state index in [4.69, 9.17) is 10.5 Å². The van der Waals surface area contributed by atoms with Gasteiger partial charge in [0, 0.05) is 25.1 Å². The van der Waals surface area contributed by atoms with E-state index in [2.05, 4.69) is 12.2 Å². The number of nitrogens with two attached hydrogens (primary N) is 1. The number of carbonyl (C=O) groups excluding carboxylic acids is 1. The molecule has 15 heavy (non-hydrogen) atoms. The third-order valence-corrected chi connectivity index (χ3v) is 3.07. The minimum atomic E-state index is -0.140. The molecule has 1 aliphatic carbocycles. The van der Waals surface area contributed by atoms with Crippen molar-refractivity contribution >= 4 is 5.91 Å². The van der Waals surface area contributed by atoms with E-state index in [1.165, 1.54) is 0 Å². The van der Waals surface area contributed by atoms with Crippen molar-refractivity contribution in [1.29, 1.82) is 0 Å². The summed E-state index contributed by atoms with van der Waals surface area (Å²) in [4.78, 5) is 11.0. The van der Waals surface area contributed by atoms with Crippen LogP contribution in [0.25, 0.3) is 0 Å². The summed E-state index contributed by atoms with van der Waals surface area (Å²) in [6, 6.07) is 0.899. The number of amides is 1. The first-order valence-electron chi connectivity index (χ1n) is 5.67. The molecule has 0 bridgehead atoms. The van der Waals surface area contributed by atoms with E-state index in [1.54, 1.807) is 7.11 Å². The molecule has 0 aromatic rings. The van der Waals surface area contributed by atoms with Gasteiger partial charge in [0.2, 0.25) is 5.91 Å². The quantitative estimate of drug-likeness (QED) is 0.706. The number of hydrogen-bond acceptors (Lipinski definition) is 3. The SMILES string of the molecule is COCC(C)NC1CCC(C(N)=O)CC1. The van der Waals surface area contributed by atoms with E-state index in [1.807, 2.05) is 0 Å². The Balaban J connectivity index is 2.22. The third kappa shape index (κ3) is 4.18. The van der Waals surface area contributed by atoms with Gasteiger partial charge in [-0.15, -0.1) is 0 Å². The van der Waals surface area contributed by atoms with Gasteiger partial charge < -0.3 is 15.8 Å². The number of rotatable bonds is 5. The van der Waals surface area contributed by atoms with Gasteiger partial charge in [-0.25, -0.2) is 0 Å². The van der Waals surface area contributed by atoms with Crippen molar-refractivity contribution in [2.75, 3.05) is 13.7 Å². The molecule has 4 nitrogen and oxygen atoms in total. The zero-order valence-electron chi connectivity index (χ0n) is 9.66. The van der Waals surface area contributed by atoms with E-state index in [9.17, 15) is 4.79 Å². The molecule has 1 fully saturated rings. The normalized spacial score (nSPS) is 28.7. The highest BCUT2D eigenvalue weighted by molar-refractivity contribution is 5.76. The van der Waals surface area contributed by atoms with Crippen LogP contribution < -0.4 is 11.1 Å². The van der Waals surface area contributed by atoms with Gasteiger partial charge in [-0.05, 0) is 32.6 Å². The minimum Gasteiger partial charge on any atom is -0.383 e. The van der Waals surface area contributed by atoms with Gasteiger partial charge in [0.25, 0.3) is 0 Å². The molecule has 0 heterocycles. The Morgan fingerprint density at radius 1 is 1.47 bits per heavy atom. The van der Waals surface area contributed by atoms with E-state index in [-0.39, 0.29) is 11.8 Å². The molecule has 0 aliphatic heterocycles. The fraction of sp³-hybridized carbons (Fsp3) is 0.909. The number of hydrogen-bond donors (Lipinski definition) is 2.